The minimum atomic E-state index is -0.455. The Morgan fingerprint density at radius 2 is 2.04 bits per heavy atom. The molecule has 1 unspecified atom stereocenters. The summed E-state index contributed by atoms with van der Waals surface area (Å²) in [6.45, 7) is 1.74. The summed E-state index contributed by atoms with van der Waals surface area (Å²) in [5.41, 5.74) is 0.358. The maximum Gasteiger partial charge on any atom is 0.238 e. The fraction of sp³-hybridized carbons (Fsp3) is 0.176. The van der Waals surface area contributed by atoms with Gasteiger partial charge in [-0.25, -0.2) is 9.37 Å². The minimum Gasteiger partial charge on any atom is -0.310 e. The van der Waals surface area contributed by atoms with Gasteiger partial charge in [0.25, 0.3) is 0 Å². The fourth-order valence-electron chi connectivity index (χ4n) is 2.18. The third kappa shape index (κ3) is 4.03. The Morgan fingerprint density at radius 3 is 2.73 bits per heavy atom. The van der Waals surface area contributed by atoms with Crippen molar-refractivity contribution >= 4 is 35.1 Å². The molecular weight excluding hydrogens is 377 g/mol. The zero-order valence-corrected chi connectivity index (χ0v) is 15.6. The van der Waals surface area contributed by atoms with E-state index >= 15 is 0 Å². The minimum absolute atomic E-state index is 0.236. The third-order valence-electron chi connectivity index (χ3n) is 3.58. The number of aromatic nitrogens is 4. The second kappa shape index (κ2) is 7.84. The Hall–Kier alpha value is -2.45. The first-order chi connectivity index (χ1) is 12.5. The SMILES string of the molecule is CC(Sc1nnc(-c2ccccc2F)n1C)C(=O)Nc1ccc(Cl)cn1. The quantitative estimate of drug-likeness (QED) is 0.670. The molecule has 2 heterocycles. The number of thioether (sulfide) groups is 1. The van der Waals surface area contributed by atoms with Gasteiger partial charge < -0.3 is 9.88 Å². The van der Waals surface area contributed by atoms with Crippen molar-refractivity contribution in [3.8, 4) is 11.4 Å². The largest absolute Gasteiger partial charge is 0.310 e. The van der Waals surface area contributed by atoms with E-state index in [1.54, 1.807) is 48.9 Å². The van der Waals surface area contributed by atoms with Crippen molar-refractivity contribution in [2.45, 2.75) is 17.3 Å². The van der Waals surface area contributed by atoms with Crippen molar-refractivity contribution in [2.24, 2.45) is 7.05 Å². The van der Waals surface area contributed by atoms with E-state index in [0.29, 0.717) is 27.4 Å². The van der Waals surface area contributed by atoms with Gasteiger partial charge in [0.2, 0.25) is 5.91 Å². The molecule has 0 radical (unpaired) electrons. The van der Waals surface area contributed by atoms with E-state index in [4.69, 9.17) is 11.6 Å². The van der Waals surface area contributed by atoms with Crippen LogP contribution in [0.3, 0.4) is 0 Å². The van der Waals surface area contributed by atoms with Crippen molar-refractivity contribution in [1.82, 2.24) is 19.7 Å². The van der Waals surface area contributed by atoms with E-state index in [9.17, 15) is 9.18 Å². The van der Waals surface area contributed by atoms with Gasteiger partial charge in [-0.3, -0.25) is 4.79 Å². The summed E-state index contributed by atoms with van der Waals surface area (Å²) in [4.78, 5) is 16.4. The molecule has 2 aromatic heterocycles. The molecule has 0 spiro atoms. The smallest absolute Gasteiger partial charge is 0.238 e. The Labute approximate surface area is 158 Å². The standard InChI is InChI=1S/C17H15ClFN5OS/c1-10(16(25)21-14-8-7-11(18)9-20-14)26-17-23-22-15(24(17)2)12-5-3-4-6-13(12)19/h3-10H,1-2H3,(H,20,21,25). The van der Waals surface area contributed by atoms with Gasteiger partial charge in [0.05, 0.1) is 15.8 Å². The zero-order chi connectivity index (χ0) is 18.7. The summed E-state index contributed by atoms with van der Waals surface area (Å²) in [6, 6.07) is 9.61. The molecule has 0 bridgehead atoms. The molecule has 26 heavy (non-hydrogen) atoms. The molecule has 0 aliphatic heterocycles. The second-order valence-electron chi connectivity index (χ2n) is 5.46. The maximum atomic E-state index is 14.0. The van der Waals surface area contributed by atoms with Crippen molar-refractivity contribution in [3.05, 3.63) is 53.4 Å². The number of carbonyl (C=O) groups is 1. The number of nitrogens with zero attached hydrogens (tertiary/aromatic N) is 4. The average molecular weight is 392 g/mol. The first kappa shape index (κ1) is 18.3. The van der Waals surface area contributed by atoms with Crippen LogP contribution in [0.25, 0.3) is 11.4 Å². The van der Waals surface area contributed by atoms with Crippen LogP contribution >= 0.6 is 23.4 Å². The van der Waals surface area contributed by atoms with Gasteiger partial charge in [-0.1, -0.05) is 35.5 Å². The highest BCUT2D eigenvalue weighted by atomic mass is 35.5. The van der Waals surface area contributed by atoms with Gasteiger partial charge >= 0.3 is 0 Å². The molecule has 0 aliphatic carbocycles. The highest BCUT2D eigenvalue weighted by Crippen LogP contribution is 2.27. The number of amides is 1. The third-order valence-corrected chi connectivity index (χ3v) is 4.94. The van der Waals surface area contributed by atoms with Crippen LogP contribution in [0.2, 0.25) is 5.02 Å². The molecular formula is C17H15ClFN5OS. The molecule has 0 saturated carbocycles. The monoisotopic (exact) mass is 391 g/mol. The van der Waals surface area contributed by atoms with E-state index in [0.717, 1.165) is 0 Å². The van der Waals surface area contributed by atoms with Crippen LogP contribution in [-0.2, 0) is 11.8 Å². The number of anilines is 1. The number of carbonyl (C=O) groups excluding carboxylic acids is 1. The first-order valence-corrected chi connectivity index (χ1v) is 8.95. The highest BCUT2D eigenvalue weighted by molar-refractivity contribution is 8.00. The number of nitrogens with one attached hydrogen (secondary N) is 1. The summed E-state index contributed by atoms with van der Waals surface area (Å²) in [6.07, 6.45) is 1.46. The topological polar surface area (TPSA) is 72.7 Å². The van der Waals surface area contributed by atoms with Crippen molar-refractivity contribution in [3.63, 3.8) is 0 Å². The molecule has 134 valence electrons. The molecule has 1 aromatic carbocycles. The summed E-state index contributed by atoms with van der Waals surface area (Å²) < 4.78 is 15.6. The van der Waals surface area contributed by atoms with Gasteiger partial charge in [-0.2, -0.15) is 0 Å². The molecule has 1 amide bonds. The number of hydrogen-bond acceptors (Lipinski definition) is 5. The lowest BCUT2D eigenvalue weighted by Crippen LogP contribution is -2.23. The first-order valence-electron chi connectivity index (χ1n) is 7.69. The zero-order valence-electron chi connectivity index (χ0n) is 14.0. The second-order valence-corrected chi connectivity index (χ2v) is 7.20. The Morgan fingerprint density at radius 1 is 1.27 bits per heavy atom. The van der Waals surface area contributed by atoms with E-state index in [2.05, 4.69) is 20.5 Å². The molecule has 0 saturated heterocycles. The molecule has 3 rings (SSSR count). The van der Waals surface area contributed by atoms with E-state index in [1.807, 2.05) is 0 Å². The molecule has 6 nitrogen and oxygen atoms in total. The van der Waals surface area contributed by atoms with E-state index < -0.39 is 5.25 Å². The molecule has 0 aliphatic rings. The van der Waals surface area contributed by atoms with Gasteiger partial charge in [0.1, 0.15) is 11.6 Å². The van der Waals surface area contributed by atoms with Crippen molar-refractivity contribution in [2.75, 3.05) is 5.32 Å². The Kier molecular flexibility index (Phi) is 5.53. The number of pyridine rings is 1. The Bertz CT molecular complexity index is 931. The maximum absolute atomic E-state index is 14.0. The summed E-state index contributed by atoms with van der Waals surface area (Å²) >= 11 is 7.00. The van der Waals surface area contributed by atoms with E-state index in [1.165, 1.54) is 24.0 Å². The summed E-state index contributed by atoms with van der Waals surface area (Å²) in [5, 5.41) is 11.4. The predicted octanol–water partition coefficient (Wildman–Crippen LogP) is 3.79. The highest BCUT2D eigenvalue weighted by Gasteiger charge is 2.20. The fourth-order valence-corrected chi connectivity index (χ4v) is 3.11. The lowest BCUT2D eigenvalue weighted by atomic mass is 10.2. The number of benzene rings is 1. The van der Waals surface area contributed by atoms with Crippen LogP contribution in [-0.4, -0.2) is 30.9 Å². The number of hydrogen-bond donors (Lipinski definition) is 1. The van der Waals surface area contributed by atoms with Crippen LogP contribution in [0.15, 0.2) is 47.8 Å². The van der Waals surface area contributed by atoms with Crippen LogP contribution in [0.5, 0.6) is 0 Å². The average Bonchev–Trinajstić information content (AvgIpc) is 2.98. The van der Waals surface area contributed by atoms with Crippen molar-refractivity contribution < 1.29 is 9.18 Å². The molecule has 0 fully saturated rings. The van der Waals surface area contributed by atoms with Crippen LogP contribution in [0.1, 0.15) is 6.92 Å². The number of halogens is 2. The van der Waals surface area contributed by atoms with Gasteiger partial charge in [0.15, 0.2) is 11.0 Å². The number of rotatable bonds is 5. The molecule has 3 aromatic rings. The summed E-state index contributed by atoms with van der Waals surface area (Å²) in [7, 11) is 1.73. The van der Waals surface area contributed by atoms with Gasteiger partial charge in [0, 0.05) is 13.2 Å². The van der Waals surface area contributed by atoms with Crippen LogP contribution in [0.4, 0.5) is 10.2 Å². The van der Waals surface area contributed by atoms with Crippen LogP contribution in [0, 0.1) is 5.82 Å². The Balaban J connectivity index is 1.71. The van der Waals surface area contributed by atoms with Crippen molar-refractivity contribution in [1.29, 1.82) is 0 Å². The molecule has 9 heteroatoms. The predicted molar refractivity (Wildman–Crippen MR) is 99.6 cm³/mol. The van der Waals surface area contributed by atoms with Gasteiger partial charge in [-0.05, 0) is 31.2 Å². The van der Waals surface area contributed by atoms with E-state index in [-0.39, 0.29) is 11.7 Å². The molecule has 1 N–H and O–H groups in total. The summed E-state index contributed by atoms with van der Waals surface area (Å²) in [5.74, 6) is 0.203. The van der Waals surface area contributed by atoms with Crippen LogP contribution < -0.4 is 5.32 Å². The molecule has 1 atom stereocenters. The lowest BCUT2D eigenvalue weighted by molar-refractivity contribution is -0.115. The van der Waals surface area contributed by atoms with Gasteiger partial charge in [-0.15, -0.1) is 10.2 Å². The normalized spacial score (nSPS) is 12.0. The lowest BCUT2D eigenvalue weighted by Gasteiger charge is -2.11.